The summed E-state index contributed by atoms with van der Waals surface area (Å²) in [5, 5.41) is 0. The highest BCUT2D eigenvalue weighted by Crippen LogP contribution is 2.35. The Labute approximate surface area is 117 Å². The molecule has 0 bridgehead atoms. The van der Waals surface area contributed by atoms with Gasteiger partial charge in [-0.25, -0.2) is 0 Å². The van der Waals surface area contributed by atoms with E-state index in [-0.39, 0.29) is 0 Å². The quantitative estimate of drug-likeness (QED) is 0.784. The predicted octanol–water partition coefficient (Wildman–Crippen LogP) is 3.19. The van der Waals surface area contributed by atoms with E-state index >= 15 is 0 Å². The lowest BCUT2D eigenvalue weighted by atomic mass is 9.99. The molecule has 2 aromatic rings. The molecule has 0 amide bonds. The number of hydrogen-bond acceptors (Lipinski definition) is 4. The molecule has 0 aromatic heterocycles. The maximum atomic E-state index is 11.3. The molecular formula is C16H16O4. The standard InChI is InChI=1S/C16H16O4/c1-18-12-4-6-14(11(8-12)10-17)15-7-5-13(19-2)9-16(15)20-3/h4-10H,1-3H3. The average Bonchev–Trinajstić information content (AvgIpc) is 2.53. The predicted molar refractivity (Wildman–Crippen MR) is 76.9 cm³/mol. The van der Waals surface area contributed by atoms with Gasteiger partial charge in [0.1, 0.15) is 17.2 Å². The second-order valence-corrected chi connectivity index (χ2v) is 4.14. The van der Waals surface area contributed by atoms with Crippen LogP contribution in [0.5, 0.6) is 17.2 Å². The lowest BCUT2D eigenvalue weighted by Gasteiger charge is -2.13. The summed E-state index contributed by atoms with van der Waals surface area (Å²) in [6.07, 6.45) is 0.807. The number of rotatable bonds is 5. The minimum absolute atomic E-state index is 0.549. The van der Waals surface area contributed by atoms with Gasteiger partial charge in [-0.2, -0.15) is 0 Å². The maximum absolute atomic E-state index is 11.3. The summed E-state index contributed by atoms with van der Waals surface area (Å²) in [5.74, 6) is 1.99. The largest absolute Gasteiger partial charge is 0.497 e. The Hall–Kier alpha value is -2.49. The molecule has 0 atom stereocenters. The Morgan fingerprint density at radius 2 is 1.40 bits per heavy atom. The van der Waals surface area contributed by atoms with Crippen LogP contribution in [0.15, 0.2) is 36.4 Å². The number of aldehydes is 1. The van der Waals surface area contributed by atoms with Crippen LogP contribution in [0.4, 0.5) is 0 Å². The third-order valence-corrected chi connectivity index (χ3v) is 3.08. The molecule has 2 aromatic carbocycles. The van der Waals surface area contributed by atoms with Crippen LogP contribution in [-0.2, 0) is 0 Å². The van der Waals surface area contributed by atoms with E-state index in [0.29, 0.717) is 22.8 Å². The van der Waals surface area contributed by atoms with Crippen molar-refractivity contribution in [1.82, 2.24) is 0 Å². The first kappa shape index (κ1) is 13.9. The monoisotopic (exact) mass is 272 g/mol. The highest BCUT2D eigenvalue weighted by molar-refractivity contribution is 5.90. The van der Waals surface area contributed by atoms with E-state index in [2.05, 4.69) is 0 Å². The molecule has 0 aliphatic carbocycles. The molecule has 4 nitrogen and oxygen atoms in total. The van der Waals surface area contributed by atoms with Gasteiger partial charge >= 0.3 is 0 Å². The van der Waals surface area contributed by atoms with Crippen LogP contribution in [0, 0.1) is 0 Å². The number of carbonyl (C=O) groups excluding carboxylic acids is 1. The molecule has 0 heterocycles. The maximum Gasteiger partial charge on any atom is 0.150 e. The van der Waals surface area contributed by atoms with Crippen LogP contribution < -0.4 is 14.2 Å². The number of hydrogen-bond donors (Lipinski definition) is 0. The molecule has 0 saturated carbocycles. The van der Waals surface area contributed by atoms with Gasteiger partial charge in [-0.1, -0.05) is 0 Å². The second-order valence-electron chi connectivity index (χ2n) is 4.14. The summed E-state index contributed by atoms with van der Waals surface area (Å²) < 4.78 is 15.7. The summed E-state index contributed by atoms with van der Waals surface area (Å²) in [6.45, 7) is 0. The normalized spacial score (nSPS) is 9.95. The lowest BCUT2D eigenvalue weighted by molar-refractivity contribution is 0.112. The molecule has 20 heavy (non-hydrogen) atoms. The van der Waals surface area contributed by atoms with Crippen molar-refractivity contribution in [2.45, 2.75) is 0 Å². The molecule has 0 spiro atoms. The molecule has 0 fully saturated rings. The molecule has 0 saturated heterocycles. The van der Waals surface area contributed by atoms with Gasteiger partial charge in [-0.3, -0.25) is 4.79 Å². The first-order valence-corrected chi connectivity index (χ1v) is 6.09. The molecule has 2 rings (SSSR count). The van der Waals surface area contributed by atoms with E-state index in [4.69, 9.17) is 14.2 Å². The Kier molecular flexibility index (Phi) is 4.25. The van der Waals surface area contributed by atoms with Crippen molar-refractivity contribution < 1.29 is 19.0 Å². The fraction of sp³-hybridized carbons (Fsp3) is 0.188. The van der Waals surface area contributed by atoms with Crippen molar-refractivity contribution in [2.24, 2.45) is 0 Å². The Morgan fingerprint density at radius 1 is 0.800 bits per heavy atom. The van der Waals surface area contributed by atoms with E-state index in [1.165, 1.54) is 0 Å². The summed E-state index contributed by atoms with van der Waals surface area (Å²) in [6, 6.07) is 10.8. The van der Waals surface area contributed by atoms with Crippen molar-refractivity contribution >= 4 is 6.29 Å². The first-order valence-electron chi connectivity index (χ1n) is 6.09. The number of ether oxygens (including phenoxy) is 3. The van der Waals surface area contributed by atoms with Gasteiger partial charge in [0.15, 0.2) is 6.29 Å². The molecular weight excluding hydrogens is 256 g/mol. The molecule has 0 unspecified atom stereocenters. The average molecular weight is 272 g/mol. The van der Waals surface area contributed by atoms with Gasteiger partial charge in [-0.15, -0.1) is 0 Å². The zero-order chi connectivity index (χ0) is 14.5. The molecule has 0 aliphatic heterocycles. The van der Waals surface area contributed by atoms with Crippen molar-refractivity contribution in [3.05, 3.63) is 42.0 Å². The summed E-state index contributed by atoms with van der Waals surface area (Å²) in [5.41, 5.74) is 2.17. The molecule has 0 aliphatic rings. The topological polar surface area (TPSA) is 44.8 Å². The molecule has 4 heteroatoms. The lowest BCUT2D eigenvalue weighted by Crippen LogP contribution is -1.94. The van der Waals surface area contributed by atoms with Gasteiger partial charge in [0.2, 0.25) is 0 Å². The van der Waals surface area contributed by atoms with Gasteiger partial charge in [0, 0.05) is 17.2 Å². The van der Waals surface area contributed by atoms with Gasteiger partial charge in [-0.05, 0) is 35.9 Å². The van der Waals surface area contributed by atoms with Crippen LogP contribution in [0.3, 0.4) is 0 Å². The summed E-state index contributed by atoms with van der Waals surface area (Å²) >= 11 is 0. The first-order chi connectivity index (χ1) is 9.73. The highest BCUT2D eigenvalue weighted by Gasteiger charge is 2.12. The van der Waals surface area contributed by atoms with Crippen LogP contribution >= 0.6 is 0 Å². The Balaban J connectivity index is 2.58. The summed E-state index contributed by atoms with van der Waals surface area (Å²) in [7, 11) is 4.75. The van der Waals surface area contributed by atoms with E-state index in [1.807, 2.05) is 24.3 Å². The van der Waals surface area contributed by atoms with E-state index in [0.717, 1.165) is 17.4 Å². The van der Waals surface area contributed by atoms with Crippen molar-refractivity contribution in [1.29, 1.82) is 0 Å². The number of benzene rings is 2. The molecule has 0 N–H and O–H groups in total. The van der Waals surface area contributed by atoms with Gasteiger partial charge < -0.3 is 14.2 Å². The molecule has 104 valence electrons. The van der Waals surface area contributed by atoms with Crippen LogP contribution in [0.2, 0.25) is 0 Å². The van der Waals surface area contributed by atoms with Crippen molar-refractivity contribution in [3.63, 3.8) is 0 Å². The van der Waals surface area contributed by atoms with E-state index < -0.39 is 0 Å². The van der Waals surface area contributed by atoms with Crippen molar-refractivity contribution in [3.8, 4) is 28.4 Å². The smallest absolute Gasteiger partial charge is 0.150 e. The zero-order valence-corrected chi connectivity index (χ0v) is 11.7. The number of carbonyl (C=O) groups is 1. The Morgan fingerprint density at radius 3 is 1.95 bits per heavy atom. The summed E-state index contributed by atoms with van der Waals surface area (Å²) in [4.78, 5) is 11.3. The number of methoxy groups -OCH3 is 3. The zero-order valence-electron chi connectivity index (χ0n) is 11.7. The minimum atomic E-state index is 0.549. The van der Waals surface area contributed by atoms with Gasteiger partial charge in [0.05, 0.1) is 21.3 Å². The second kappa shape index (κ2) is 6.10. The van der Waals surface area contributed by atoms with E-state index in [1.54, 1.807) is 33.5 Å². The van der Waals surface area contributed by atoms with Crippen molar-refractivity contribution in [2.75, 3.05) is 21.3 Å². The van der Waals surface area contributed by atoms with E-state index in [9.17, 15) is 4.79 Å². The van der Waals surface area contributed by atoms with Crippen LogP contribution in [0.25, 0.3) is 11.1 Å². The van der Waals surface area contributed by atoms with Gasteiger partial charge in [0.25, 0.3) is 0 Å². The van der Waals surface area contributed by atoms with Crippen LogP contribution in [0.1, 0.15) is 10.4 Å². The van der Waals surface area contributed by atoms with Crippen LogP contribution in [-0.4, -0.2) is 27.6 Å². The fourth-order valence-electron chi connectivity index (χ4n) is 2.03. The Bertz CT molecular complexity index is 620. The SMILES string of the molecule is COc1ccc(-c2ccc(OC)cc2OC)c(C=O)c1. The highest BCUT2D eigenvalue weighted by atomic mass is 16.5. The molecule has 0 radical (unpaired) electrons. The minimum Gasteiger partial charge on any atom is -0.497 e. The fourth-order valence-corrected chi connectivity index (χ4v) is 2.03. The third kappa shape index (κ3) is 2.59. The third-order valence-electron chi connectivity index (χ3n) is 3.08.